The maximum absolute atomic E-state index is 10.9. The van der Waals surface area contributed by atoms with E-state index in [0.29, 0.717) is 12.1 Å². The summed E-state index contributed by atoms with van der Waals surface area (Å²) in [5, 5.41) is 8.96. The third-order valence-corrected chi connectivity index (χ3v) is 3.03. The third-order valence-electron chi connectivity index (χ3n) is 3.03. The summed E-state index contributed by atoms with van der Waals surface area (Å²) in [6, 6.07) is 8.98. The van der Waals surface area contributed by atoms with Crippen LogP contribution >= 0.6 is 0 Å². The molecule has 0 atom stereocenters. The van der Waals surface area contributed by atoms with E-state index >= 15 is 0 Å². The minimum Gasteiger partial charge on any atom is -0.478 e. The van der Waals surface area contributed by atoms with E-state index in [0.717, 1.165) is 23.4 Å². The largest absolute Gasteiger partial charge is 0.478 e. The molecule has 0 unspecified atom stereocenters. The topological polar surface area (TPSA) is 53.7 Å². The zero-order valence-corrected chi connectivity index (χ0v) is 11.1. The van der Waals surface area contributed by atoms with Crippen LogP contribution < -0.4 is 0 Å². The molecule has 0 radical (unpaired) electrons. The number of aromatic carboxylic acids is 1. The van der Waals surface area contributed by atoms with E-state index in [1.165, 1.54) is 0 Å². The van der Waals surface area contributed by atoms with Gasteiger partial charge in [-0.15, -0.1) is 0 Å². The second-order valence-electron chi connectivity index (χ2n) is 4.68. The normalized spacial score (nSPS) is 10.9. The molecule has 4 nitrogen and oxygen atoms in total. The molecule has 0 aliphatic carbocycles. The molecule has 1 heterocycles. The number of carboxylic acids is 1. The van der Waals surface area contributed by atoms with Gasteiger partial charge in [0.2, 0.25) is 0 Å². The molecule has 100 valence electrons. The first-order chi connectivity index (χ1) is 9.06. The average Bonchev–Trinajstić information content (AvgIpc) is 2.75. The molecule has 4 heteroatoms. The van der Waals surface area contributed by atoms with Gasteiger partial charge in [0.15, 0.2) is 0 Å². The summed E-state index contributed by atoms with van der Waals surface area (Å²) in [4.78, 5) is 13.0. The van der Waals surface area contributed by atoms with Gasteiger partial charge >= 0.3 is 5.97 Å². The Morgan fingerprint density at radius 2 is 2.11 bits per heavy atom. The number of rotatable bonds is 5. The minimum absolute atomic E-state index is 0.324. The zero-order valence-electron chi connectivity index (χ0n) is 11.1. The smallest absolute Gasteiger partial charge is 0.335 e. The van der Waals surface area contributed by atoms with Crippen LogP contribution in [0.25, 0.3) is 0 Å². The summed E-state index contributed by atoms with van der Waals surface area (Å²) in [6.07, 6.45) is 1.68. The second-order valence-corrected chi connectivity index (χ2v) is 4.68. The summed E-state index contributed by atoms with van der Waals surface area (Å²) in [5.41, 5.74) is 2.46. The van der Waals surface area contributed by atoms with Crippen molar-refractivity contribution in [1.82, 2.24) is 4.90 Å². The van der Waals surface area contributed by atoms with E-state index in [4.69, 9.17) is 9.52 Å². The Balaban J connectivity index is 2.02. The molecule has 0 saturated carbocycles. The van der Waals surface area contributed by atoms with Crippen molar-refractivity contribution in [3.05, 3.63) is 59.0 Å². The molecule has 0 aliphatic heterocycles. The van der Waals surface area contributed by atoms with E-state index in [-0.39, 0.29) is 0 Å². The molecule has 0 amide bonds. The Morgan fingerprint density at radius 3 is 2.74 bits per heavy atom. The van der Waals surface area contributed by atoms with Crippen LogP contribution in [0.2, 0.25) is 0 Å². The van der Waals surface area contributed by atoms with Gasteiger partial charge in [-0.3, -0.25) is 4.90 Å². The Morgan fingerprint density at radius 1 is 1.32 bits per heavy atom. The molecule has 0 saturated heterocycles. The maximum atomic E-state index is 10.9. The number of hydrogen-bond donors (Lipinski definition) is 1. The number of hydrogen-bond acceptors (Lipinski definition) is 3. The number of carboxylic acid groups (broad SMARTS) is 1. The number of aryl methyl sites for hydroxylation is 1. The molecule has 19 heavy (non-hydrogen) atoms. The van der Waals surface area contributed by atoms with Crippen LogP contribution in [0.3, 0.4) is 0 Å². The first-order valence-electron chi connectivity index (χ1n) is 6.10. The molecule has 2 aromatic rings. The molecule has 2 rings (SSSR count). The van der Waals surface area contributed by atoms with E-state index in [9.17, 15) is 4.79 Å². The van der Waals surface area contributed by atoms with Crippen LogP contribution in [0, 0.1) is 6.92 Å². The van der Waals surface area contributed by atoms with Crippen molar-refractivity contribution in [3.63, 3.8) is 0 Å². The van der Waals surface area contributed by atoms with Crippen LogP contribution in [0.15, 0.2) is 41.0 Å². The Labute approximate surface area is 112 Å². The summed E-state index contributed by atoms with van der Waals surface area (Å²) in [5.74, 6) is 0.0290. The predicted octanol–water partition coefficient (Wildman–Crippen LogP) is 2.92. The molecular weight excluding hydrogens is 242 g/mol. The molecule has 0 bridgehead atoms. The standard InChI is InChI=1S/C15H17NO3/c1-11-14(6-7-19-11)10-16(2)9-12-4-3-5-13(8-12)15(17)18/h3-8H,9-10H2,1-2H3,(H,17,18). The molecular formula is C15H17NO3. The van der Waals surface area contributed by atoms with Crippen molar-refractivity contribution in [2.45, 2.75) is 20.0 Å². The maximum Gasteiger partial charge on any atom is 0.335 e. The lowest BCUT2D eigenvalue weighted by atomic mass is 10.1. The van der Waals surface area contributed by atoms with Crippen LogP contribution in [0.5, 0.6) is 0 Å². The summed E-state index contributed by atoms with van der Waals surface area (Å²) >= 11 is 0. The van der Waals surface area contributed by atoms with E-state index < -0.39 is 5.97 Å². The monoisotopic (exact) mass is 259 g/mol. The van der Waals surface area contributed by atoms with Crippen molar-refractivity contribution < 1.29 is 14.3 Å². The van der Waals surface area contributed by atoms with Crippen molar-refractivity contribution in [2.24, 2.45) is 0 Å². The van der Waals surface area contributed by atoms with Gasteiger partial charge in [0.1, 0.15) is 5.76 Å². The minimum atomic E-state index is -0.893. The van der Waals surface area contributed by atoms with Crippen LogP contribution in [0.4, 0.5) is 0 Å². The zero-order chi connectivity index (χ0) is 13.8. The third kappa shape index (κ3) is 3.45. The number of carbonyl (C=O) groups is 1. The van der Waals surface area contributed by atoms with Gasteiger partial charge in [0.05, 0.1) is 11.8 Å². The number of nitrogens with zero attached hydrogens (tertiary/aromatic N) is 1. The van der Waals surface area contributed by atoms with E-state index in [2.05, 4.69) is 4.90 Å². The molecule has 0 spiro atoms. The Hall–Kier alpha value is -2.07. The first-order valence-corrected chi connectivity index (χ1v) is 6.10. The van der Waals surface area contributed by atoms with Gasteiger partial charge in [0, 0.05) is 18.7 Å². The fraction of sp³-hybridized carbons (Fsp3) is 0.267. The lowest BCUT2D eigenvalue weighted by Gasteiger charge is -2.16. The molecule has 0 fully saturated rings. The highest BCUT2D eigenvalue weighted by Gasteiger charge is 2.08. The van der Waals surface area contributed by atoms with Gasteiger partial charge in [-0.1, -0.05) is 12.1 Å². The second kappa shape index (κ2) is 5.71. The fourth-order valence-electron chi connectivity index (χ4n) is 2.04. The molecule has 0 aliphatic rings. The highest BCUT2D eigenvalue weighted by Crippen LogP contribution is 2.13. The van der Waals surface area contributed by atoms with Gasteiger partial charge in [0.25, 0.3) is 0 Å². The summed E-state index contributed by atoms with van der Waals surface area (Å²) in [7, 11) is 2.00. The van der Waals surface area contributed by atoms with E-state index in [1.54, 1.807) is 24.5 Å². The Kier molecular flexibility index (Phi) is 4.02. The molecule has 1 N–H and O–H groups in total. The lowest BCUT2D eigenvalue weighted by Crippen LogP contribution is -2.17. The van der Waals surface area contributed by atoms with Crippen LogP contribution in [0.1, 0.15) is 27.2 Å². The predicted molar refractivity (Wildman–Crippen MR) is 72.0 cm³/mol. The Bertz CT molecular complexity index is 574. The van der Waals surface area contributed by atoms with Crippen LogP contribution in [-0.4, -0.2) is 23.0 Å². The van der Waals surface area contributed by atoms with Crippen molar-refractivity contribution >= 4 is 5.97 Å². The quantitative estimate of drug-likeness (QED) is 0.897. The lowest BCUT2D eigenvalue weighted by molar-refractivity contribution is 0.0696. The van der Waals surface area contributed by atoms with Gasteiger partial charge in [-0.05, 0) is 37.7 Å². The number of benzene rings is 1. The highest BCUT2D eigenvalue weighted by molar-refractivity contribution is 5.87. The first kappa shape index (κ1) is 13.4. The summed E-state index contributed by atoms with van der Waals surface area (Å²) in [6.45, 7) is 3.42. The SMILES string of the molecule is Cc1occc1CN(C)Cc1cccc(C(=O)O)c1. The van der Waals surface area contributed by atoms with E-state index in [1.807, 2.05) is 26.1 Å². The fourth-order valence-corrected chi connectivity index (χ4v) is 2.04. The average molecular weight is 259 g/mol. The summed E-state index contributed by atoms with van der Waals surface area (Å²) < 4.78 is 5.26. The van der Waals surface area contributed by atoms with Crippen LogP contribution in [-0.2, 0) is 13.1 Å². The van der Waals surface area contributed by atoms with Gasteiger partial charge in [-0.25, -0.2) is 4.79 Å². The van der Waals surface area contributed by atoms with Crippen molar-refractivity contribution in [3.8, 4) is 0 Å². The molecule has 1 aromatic heterocycles. The van der Waals surface area contributed by atoms with Gasteiger partial charge in [-0.2, -0.15) is 0 Å². The van der Waals surface area contributed by atoms with Gasteiger partial charge < -0.3 is 9.52 Å². The van der Waals surface area contributed by atoms with Crippen molar-refractivity contribution in [2.75, 3.05) is 7.05 Å². The highest BCUT2D eigenvalue weighted by atomic mass is 16.4. The molecule has 1 aromatic carbocycles. The number of furan rings is 1. The van der Waals surface area contributed by atoms with Crippen molar-refractivity contribution in [1.29, 1.82) is 0 Å².